The molecule has 0 unspecified atom stereocenters. The lowest BCUT2D eigenvalue weighted by Crippen LogP contribution is -2.52. The second kappa shape index (κ2) is 6.93. The van der Waals surface area contributed by atoms with E-state index < -0.39 is 16.7 Å². The monoisotopic (exact) mass is 405 g/mol. The molecule has 1 aromatic carbocycles. The molecular weight excluding hydrogens is 394 g/mol. The van der Waals surface area contributed by atoms with Gasteiger partial charge in [-0.1, -0.05) is 11.6 Å². The molecule has 0 N–H and O–H groups in total. The van der Waals surface area contributed by atoms with Crippen LogP contribution >= 0.6 is 23.8 Å². The summed E-state index contributed by atoms with van der Waals surface area (Å²) in [4.78, 5) is 37.4. The molecule has 27 heavy (non-hydrogen) atoms. The van der Waals surface area contributed by atoms with Crippen LogP contribution in [-0.4, -0.2) is 45.7 Å². The fraction of sp³-hybridized carbons (Fsp3) is 0.118. The van der Waals surface area contributed by atoms with Crippen molar-refractivity contribution in [1.29, 1.82) is 0 Å². The Morgan fingerprint density at radius 2 is 1.78 bits per heavy atom. The number of nitrogens with zero attached hydrogens (tertiary/aromatic N) is 3. The molecule has 0 bridgehead atoms. The molecule has 1 aliphatic rings. The lowest BCUT2D eigenvalue weighted by molar-refractivity contribution is -0.384. The average Bonchev–Trinajstić information content (AvgIpc) is 3.10. The van der Waals surface area contributed by atoms with Gasteiger partial charge >= 0.3 is 0 Å². The second-order valence-corrected chi connectivity index (χ2v) is 6.46. The lowest BCUT2D eigenvalue weighted by atomic mass is 10.1. The van der Waals surface area contributed by atoms with Crippen molar-refractivity contribution in [3.63, 3.8) is 0 Å². The molecule has 0 aliphatic carbocycles. The number of benzene rings is 1. The van der Waals surface area contributed by atoms with E-state index in [-0.39, 0.29) is 32.9 Å². The zero-order valence-electron chi connectivity index (χ0n) is 14.1. The van der Waals surface area contributed by atoms with Crippen LogP contribution in [0.5, 0.6) is 0 Å². The molecule has 1 aromatic heterocycles. The van der Waals surface area contributed by atoms with E-state index in [0.717, 1.165) is 0 Å². The number of likely N-dealkylation sites (N-methyl/N-ethyl adjacent to an activating group) is 2. The third kappa shape index (κ3) is 3.34. The van der Waals surface area contributed by atoms with Gasteiger partial charge in [0, 0.05) is 31.8 Å². The Hall–Kier alpha value is -3.04. The van der Waals surface area contributed by atoms with E-state index in [1.165, 1.54) is 54.2 Å². The van der Waals surface area contributed by atoms with Gasteiger partial charge in [0.25, 0.3) is 17.5 Å². The number of halogens is 1. The van der Waals surface area contributed by atoms with Gasteiger partial charge in [0.15, 0.2) is 5.11 Å². The maximum Gasteiger partial charge on any atom is 0.270 e. The van der Waals surface area contributed by atoms with Crippen molar-refractivity contribution in [3.05, 3.63) is 56.8 Å². The number of hydrogen-bond acceptors (Lipinski definition) is 6. The SMILES string of the molecule is CN1C(=O)C(=Cc2ccc(-c3cc([N+](=O)[O-])ccc3Cl)o2)C(=O)N(C)C1=S. The summed E-state index contributed by atoms with van der Waals surface area (Å²) in [6.07, 6.45) is 1.30. The van der Waals surface area contributed by atoms with E-state index >= 15 is 0 Å². The van der Waals surface area contributed by atoms with E-state index in [1.807, 2.05) is 0 Å². The van der Waals surface area contributed by atoms with E-state index in [2.05, 4.69) is 0 Å². The molecule has 2 heterocycles. The zero-order valence-corrected chi connectivity index (χ0v) is 15.7. The summed E-state index contributed by atoms with van der Waals surface area (Å²) in [5, 5.41) is 11.3. The van der Waals surface area contributed by atoms with Gasteiger partial charge in [-0.3, -0.25) is 29.5 Å². The van der Waals surface area contributed by atoms with Gasteiger partial charge in [-0.2, -0.15) is 0 Å². The highest BCUT2D eigenvalue weighted by Gasteiger charge is 2.35. The standard InChI is InChI=1S/C17H12ClN3O5S/c1-19-15(22)12(16(23)20(2)17(19)27)8-10-4-6-14(26-10)11-7-9(21(24)25)3-5-13(11)18/h3-8H,1-2H3. The van der Waals surface area contributed by atoms with Crippen LogP contribution in [0, 0.1) is 10.1 Å². The van der Waals surface area contributed by atoms with Crippen LogP contribution in [0.25, 0.3) is 17.4 Å². The molecule has 2 aromatic rings. The van der Waals surface area contributed by atoms with Gasteiger partial charge < -0.3 is 4.42 Å². The topological polar surface area (TPSA) is 96.9 Å². The number of carbonyl (C=O) groups excluding carboxylic acids is 2. The summed E-state index contributed by atoms with van der Waals surface area (Å²) in [5.74, 6) is -0.605. The third-order valence-electron chi connectivity index (χ3n) is 3.98. The van der Waals surface area contributed by atoms with Crippen LogP contribution in [0.4, 0.5) is 5.69 Å². The molecule has 3 rings (SSSR count). The fourth-order valence-electron chi connectivity index (χ4n) is 2.51. The number of nitro benzene ring substituents is 1. The van der Waals surface area contributed by atoms with Crippen molar-refractivity contribution in [3.8, 4) is 11.3 Å². The summed E-state index contributed by atoms with van der Waals surface area (Å²) >= 11 is 11.1. The highest BCUT2D eigenvalue weighted by Crippen LogP contribution is 2.33. The minimum Gasteiger partial charge on any atom is -0.457 e. The first-order valence-corrected chi connectivity index (χ1v) is 8.35. The van der Waals surface area contributed by atoms with E-state index in [9.17, 15) is 19.7 Å². The summed E-state index contributed by atoms with van der Waals surface area (Å²) in [7, 11) is 2.94. The normalized spacial score (nSPS) is 14.8. The van der Waals surface area contributed by atoms with Gasteiger partial charge in [-0.15, -0.1) is 0 Å². The smallest absolute Gasteiger partial charge is 0.270 e. The maximum absolute atomic E-state index is 12.3. The molecule has 10 heteroatoms. The van der Waals surface area contributed by atoms with Crippen LogP contribution in [0.15, 0.2) is 40.3 Å². The molecule has 0 spiro atoms. The minimum atomic E-state index is -0.547. The molecular formula is C17H12ClN3O5S. The first-order chi connectivity index (χ1) is 12.7. The van der Waals surface area contributed by atoms with Crippen molar-refractivity contribution in [2.45, 2.75) is 0 Å². The van der Waals surface area contributed by atoms with Crippen LogP contribution < -0.4 is 0 Å². The van der Waals surface area contributed by atoms with Gasteiger partial charge in [0.2, 0.25) is 0 Å². The molecule has 2 amide bonds. The Balaban J connectivity index is 1.99. The fourth-order valence-corrected chi connectivity index (χ4v) is 2.88. The van der Waals surface area contributed by atoms with E-state index in [1.54, 1.807) is 6.07 Å². The predicted molar refractivity (Wildman–Crippen MR) is 102 cm³/mol. The van der Waals surface area contributed by atoms with Crippen molar-refractivity contribution in [2.24, 2.45) is 0 Å². The molecule has 1 fully saturated rings. The molecule has 1 saturated heterocycles. The molecule has 138 valence electrons. The number of thiocarbonyl (C=S) groups is 1. The first-order valence-electron chi connectivity index (χ1n) is 7.56. The highest BCUT2D eigenvalue weighted by molar-refractivity contribution is 7.80. The lowest BCUT2D eigenvalue weighted by Gasteiger charge is -2.31. The summed E-state index contributed by atoms with van der Waals surface area (Å²) in [6, 6.07) is 7.05. The summed E-state index contributed by atoms with van der Waals surface area (Å²) in [5.41, 5.74) is 0.0759. The Bertz CT molecular complexity index is 1000. The average molecular weight is 406 g/mol. The highest BCUT2D eigenvalue weighted by atomic mass is 35.5. The van der Waals surface area contributed by atoms with Gasteiger partial charge in [-0.25, -0.2) is 0 Å². The Labute approximate surface area is 163 Å². The Kier molecular flexibility index (Phi) is 4.81. The number of non-ortho nitro benzene ring substituents is 1. The number of rotatable bonds is 3. The number of carbonyl (C=O) groups is 2. The van der Waals surface area contributed by atoms with Gasteiger partial charge in [0.05, 0.1) is 9.95 Å². The minimum absolute atomic E-state index is 0.102. The van der Waals surface area contributed by atoms with E-state index in [4.69, 9.17) is 28.2 Å². The number of furan rings is 1. The molecule has 0 atom stereocenters. The number of amides is 2. The van der Waals surface area contributed by atoms with E-state index in [0.29, 0.717) is 5.56 Å². The Morgan fingerprint density at radius 1 is 1.15 bits per heavy atom. The zero-order chi connectivity index (χ0) is 19.9. The van der Waals surface area contributed by atoms with Crippen molar-refractivity contribution >= 4 is 52.5 Å². The molecule has 0 saturated carbocycles. The van der Waals surface area contributed by atoms with Crippen LogP contribution in [-0.2, 0) is 9.59 Å². The van der Waals surface area contributed by atoms with Crippen LogP contribution in [0.3, 0.4) is 0 Å². The largest absolute Gasteiger partial charge is 0.457 e. The number of nitro groups is 1. The van der Waals surface area contributed by atoms with Crippen molar-refractivity contribution < 1.29 is 18.9 Å². The van der Waals surface area contributed by atoms with Crippen LogP contribution in [0.1, 0.15) is 5.76 Å². The number of hydrogen-bond donors (Lipinski definition) is 0. The quantitative estimate of drug-likeness (QED) is 0.256. The molecule has 1 aliphatic heterocycles. The Morgan fingerprint density at radius 3 is 2.37 bits per heavy atom. The molecule has 8 nitrogen and oxygen atoms in total. The van der Waals surface area contributed by atoms with Crippen LogP contribution in [0.2, 0.25) is 5.02 Å². The second-order valence-electron chi connectivity index (χ2n) is 5.69. The third-order valence-corrected chi connectivity index (χ3v) is 4.86. The summed E-state index contributed by atoms with van der Waals surface area (Å²) < 4.78 is 5.62. The van der Waals surface area contributed by atoms with Gasteiger partial charge in [0.1, 0.15) is 17.1 Å². The maximum atomic E-state index is 12.3. The van der Waals surface area contributed by atoms with Crippen molar-refractivity contribution in [2.75, 3.05) is 14.1 Å². The molecule has 0 radical (unpaired) electrons. The van der Waals surface area contributed by atoms with Crippen molar-refractivity contribution in [1.82, 2.24) is 9.80 Å². The predicted octanol–water partition coefficient (Wildman–Crippen LogP) is 3.11. The van der Waals surface area contributed by atoms with Gasteiger partial charge in [-0.05, 0) is 36.5 Å². The first kappa shape index (κ1) is 18.7. The summed E-state index contributed by atoms with van der Waals surface area (Å²) in [6.45, 7) is 0.